The van der Waals surface area contributed by atoms with E-state index in [0.717, 1.165) is 17.9 Å². The fourth-order valence-corrected chi connectivity index (χ4v) is 3.32. The van der Waals surface area contributed by atoms with Crippen LogP contribution in [0.25, 0.3) is 0 Å². The van der Waals surface area contributed by atoms with Crippen molar-refractivity contribution in [2.45, 2.75) is 45.1 Å². The Kier molecular flexibility index (Phi) is 2.40. The van der Waals surface area contributed by atoms with Crippen LogP contribution in [0.15, 0.2) is 0 Å². The van der Waals surface area contributed by atoms with Gasteiger partial charge in [-0.1, -0.05) is 19.8 Å². The summed E-state index contributed by atoms with van der Waals surface area (Å²) in [6, 6.07) is 0.948. The zero-order valence-corrected chi connectivity index (χ0v) is 8.42. The van der Waals surface area contributed by atoms with Gasteiger partial charge in [-0.05, 0) is 44.7 Å². The summed E-state index contributed by atoms with van der Waals surface area (Å²) in [5, 5.41) is 0. The monoisotopic (exact) mass is 167 g/mol. The number of piperidine rings is 1. The van der Waals surface area contributed by atoms with Crippen LogP contribution in [0.3, 0.4) is 0 Å². The Morgan fingerprint density at radius 3 is 2.83 bits per heavy atom. The number of hydrogen-bond donors (Lipinski definition) is 0. The second kappa shape index (κ2) is 3.37. The van der Waals surface area contributed by atoms with E-state index >= 15 is 0 Å². The van der Waals surface area contributed by atoms with E-state index in [1.54, 1.807) is 0 Å². The first-order valence-electron chi connectivity index (χ1n) is 5.53. The highest BCUT2D eigenvalue weighted by atomic mass is 15.1. The molecule has 0 spiro atoms. The van der Waals surface area contributed by atoms with Gasteiger partial charge in [-0.25, -0.2) is 0 Å². The van der Waals surface area contributed by atoms with Crippen LogP contribution in [-0.2, 0) is 0 Å². The van der Waals surface area contributed by atoms with Gasteiger partial charge in [0.1, 0.15) is 0 Å². The number of rotatable bonds is 1. The lowest BCUT2D eigenvalue weighted by atomic mass is 9.80. The Morgan fingerprint density at radius 1 is 1.25 bits per heavy atom. The Labute approximate surface area is 76.1 Å². The molecule has 1 heterocycles. The zero-order valence-electron chi connectivity index (χ0n) is 8.42. The lowest BCUT2D eigenvalue weighted by molar-refractivity contribution is 0.0890. The molecule has 0 aromatic carbocycles. The van der Waals surface area contributed by atoms with Gasteiger partial charge in [-0.15, -0.1) is 0 Å². The SMILES string of the molecule is CCC1CCN(C)C2CCCC12. The van der Waals surface area contributed by atoms with Gasteiger partial charge < -0.3 is 4.90 Å². The molecular formula is C11H21N. The molecular weight excluding hydrogens is 146 g/mol. The first-order valence-corrected chi connectivity index (χ1v) is 5.53. The average Bonchev–Trinajstić information content (AvgIpc) is 2.54. The molecule has 1 heteroatoms. The fourth-order valence-electron chi connectivity index (χ4n) is 3.32. The number of hydrogen-bond acceptors (Lipinski definition) is 1. The van der Waals surface area contributed by atoms with Crippen molar-refractivity contribution >= 4 is 0 Å². The molecule has 2 fully saturated rings. The van der Waals surface area contributed by atoms with Crippen molar-refractivity contribution in [2.75, 3.05) is 13.6 Å². The molecule has 2 rings (SSSR count). The highest BCUT2D eigenvalue weighted by Crippen LogP contribution is 2.40. The second-order valence-electron chi connectivity index (χ2n) is 4.60. The third kappa shape index (κ3) is 1.28. The lowest BCUT2D eigenvalue weighted by Crippen LogP contribution is -2.43. The Hall–Kier alpha value is -0.0400. The Balaban J connectivity index is 2.06. The molecule has 70 valence electrons. The van der Waals surface area contributed by atoms with Gasteiger partial charge >= 0.3 is 0 Å². The molecule has 1 aliphatic carbocycles. The maximum Gasteiger partial charge on any atom is 0.0123 e. The fraction of sp³-hybridized carbons (Fsp3) is 1.00. The van der Waals surface area contributed by atoms with Crippen molar-refractivity contribution < 1.29 is 0 Å². The second-order valence-corrected chi connectivity index (χ2v) is 4.60. The summed E-state index contributed by atoms with van der Waals surface area (Å²) in [6.07, 6.45) is 7.32. The predicted octanol–water partition coefficient (Wildman–Crippen LogP) is 2.52. The quantitative estimate of drug-likeness (QED) is 0.580. The summed E-state index contributed by atoms with van der Waals surface area (Å²) in [4.78, 5) is 2.60. The molecule has 1 saturated heterocycles. The van der Waals surface area contributed by atoms with Crippen LogP contribution >= 0.6 is 0 Å². The number of nitrogens with zero attached hydrogens (tertiary/aromatic N) is 1. The number of fused-ring (bicyclic) bond motifs is 1. The van der Waals surface area contributed by atoms with Crippen molar-refractivity contribution in [3.8, 4) is 0 Å². The molecule has 1 saturated carbocycles. The first-order chi connectivity index (χ1) is 5.83. The van der Waals surface area contributed by atoms with E-state index in [-0.39, 0.29) is 0 Å². The standard InChI is InChI=1S/C11H21N/c1-3-9-7-8-12(2)11-6-4-5-10(9)11/h9-11H,3-8H2,1-2H3. The van der Waals surface area contributed by atoms with E-state index in [1.807, 2.05) is 0 Å². The molecule has 0 bridgehead atoms. The zero-order chi connectivity index (χ0) is 8.55. The van der Waals surface area contributed by atoms with Gasteiger partial charge in [0.05, 0.1) is 0 Å². The lowest BCUT2D eigenvalue weighted by Gasteiger charge is -2.40. The summed E-state index contributed by atoms with van der Waals surface area (Å²) in [5.74, 6) is 2.10. The average molecular weight is 167 g/mol. The van der Waals surface area contributed by atoms with E-state index in [1.165, 1.54) is 38.6 Å². The summed E-state index contributed by atoms with van der Waals surface area (Å²) in [5.41, 5.74) is 0. The minimum Gasteiger partial charge on any atom is -0.303 e. The topological polar surface area (TPSA) is 3.24 Å². The van der Waals surface area contributed by atoms with Crippen molar-refractivity contribution in [2.24, 2.45) is 11.8 Å². The van der Waals surface area contributed by atoms with Crippen LogP contribution in [0.2, 0.25) is 0 Å². The molecule has 12 heavy (non-hydrogen) atoms. The molecule has 0 radical (unpaired) electrons. The van der Waals surface area contributed by atoms with Crippen LogP contribution in [0.1, 0.15) is 39.0 Å². The highest BCUT2D eigenvalue weighted by molar-refractivity contribution is 4.91. The van der Waals surface area contributed by atoms with E-state index in [9.17, 15) is 0 Å². The minimum absolute atomic E-state index is 0.948. The molecule has 1 nitrogen and oxygen atoms in total. The van der Waals surface area contributed by atoms with Crippen molar-refractivity contribution in [1.29, 1.82) is 0 Å². The summed E-state index contributed by atoms with van der Waals surface area (Å²) in [7, 11) is 2.31. The Bertz CT molecular complexity index is 155. The molecule has 3 atom stereocenters. The molecule has 0 aromatic heterocycles. The van der Waals surface area contributed by atoms with E-state index in [0.29, 0.717) is 0 Å². The number of likely N-dealkylation sites (tertiary alicyclic amines) is 1. The van der Waals surface area contributed by atoms with Gasteiger partial charge in [-0.3, -0.25) is 0 Å². The van der Waals surface area contributed by atoms with Gasteiger partial charge in [0.2, 0.25) is 0 Å². The first kappa shape index (κ1) is 8.55. The molecule has 0 amide bonds. The third-order valence-electron chi connectivity index (χ3n) is 4.08. The Morgan fingerprint density at radius 2 is 2.08 bits per heavy atom. The van der Waals surface area contributed by atoms with Crippen molar-refractivity contribution in [3.63, 3.8) is 0 Å². The third-order valence-corrected chi connectivity index (χ3v) is 4.08. The molecule has 1 aliphatic heterocycles. The van der Waals surface area contributed by atoms with Crippen LogP contribution in [0.4, 0.5) is 0 Å². The van der Waals surface area contributed by atoms with Crippen LogP contribution < -0.4 is 0 Å². The van der Waals surface area contributed by atoms with Crippen LogP contribution in [-0.4, -0.2) is 24.5 Å². The predicted molar refractivity (Wildman–Crippen MR) is 52.2 cm³/mol. The van der Waals surface area contributed by atoms with Crippen LogP contribution in [0.5, 0.6) is 0 Å². The van der Waals surface area contributed by atoms with E-state index in [4.69, 9.17) is 0 Å². The van der Waals surface area contributed by atoms with Crippen molar-refractivity contribution in [3.05, 3.63) is 0 Å². The van der Waals surface area contributed by atoms with E-state index < -0.39 is 0 Å². The normalized spacial score (nSPS) is 43.0. The smallest absolute Gasteiger partial charge is 0.0123 e. The van der Waals surface area contributed by atoms with Gasteiger partial charge in [-0.2, -0.15) is 0 Å². The molecule has 2 aliphatic rings. The summed E-state index contributed by atoms with van der Waals surface area (Å²) < 4.78 is 0. The maximum absolute atomic E-state index is 2.60. The maximum atomic E-state index is 2.60. The van der Waals surface area contributed by atoms with Gasteiger partial charge in [0, 0.05) is 6.04 Å². The molecule has 0 aromatic rings. The van der Waals surface area contributed by atoms with E-state index in [2.05, 4.69) is 18.9 Å². The van der Waals surface area contributed by atoms with Crippen molar-refractivity contribution in [1.82, 2.24) is 4.90 Å². The highest BCUT2D eigenvalue weighted by Gasteiger charge is 2.38. The summed E-state index contributed by atoms with van der Waals surface area (Å²) in [6.45, 7) is 3.71. The minimum atomic E-state index is 0.948. The van der Waals surface area contributed by atoms with Gasteiger partial charge in [0.15, 0.2) is 0 Å². The molecule has 3 unspecified atom stereocenters. The summed E-state index contributed by atoms with van der Waals surface area (Å²) >= 11 is 0. The molecule has 0 N–H and O–H groups in total. The van der Waals surface area contributed by atoms with Gasteiger partial charge in [0.25, 0.3) is 0 Å². The van der Waals surface area contributed by atoms with Crippen LogP contribution in [0, 0.1) is 11.8 Å². The largest absolute Gasteiger partial charge is 0.303 e.